The predicted molar refractivity (Wildman–Crippen MR) is 132 cm³/mol. The number of pyridine rings is 1. The van der Waals surface area contributed by atoms with E-state index in [2.05, 4.69) is 15.3 Å². The molecule has 0 radical (unpaired) electrons. The third kappa shape index (κ3) is 6.79. The normalized spacial score (nSPS) is 15.4. The van der Waals surface area contributed by atoms with E-state index in [4.69, 9.17) is 14.6 Å². The lowest BCUT2D eigenvalue weighted by Gasteiger charge is -2.29. The number of morpholine rings is 1. The molecule has 8 nitrogen and oxygen atoms in total. The molecule has 2 aliphatic heterocycles. The minimum Gasteiger partial charge on any atom is -0.475 e. The summed E-state index contributed by atoms with van der Waals surface area (Å²) in [6.45, 7) is 2.91. The number of carbonyl (C=O) groups is 2. The van der Waals surface area contributed by atoms with Crippen LogP contribution < -0.4 is 10.2 Å². The molecule has 3 N–H and O–H groups in total. The molecule has 39 heavy (non-hydrogen) atoms. The number of anilines is 1. The second kappa shape index (κ2) is 11.6. The van der Waals surface area contributed by atoms with Crippen molar-refractivity contribution in [3.8, 4) is 11.3 Å². The monoisotopic (exact) mass is 550 g/mol. The molecule has 13 heteroatoms. The standard InChI is InChI=1S/C24H22F2N4O2.C2HF3O2/c25-20-12-17(30-7-9-32-10-8-30)13-21(26)18(20)2-1-16-11-15(3-5-27-16)23-14-19-22(29-23)4-6-28-24(19)31;3-2(4,5)1(6)7/h1-3,5,11-14,29H,4,6-10H2,(H,28,31);(H,6,7). The molecule has 1 amide bonds. The van der Waals surface area contributed by atoms with Crippen LogP contribution in [0, 0.1) is 11.6 Å². The number of ether oxygens (including phenoxy) is 1. The van der Waals surface area contributed by atoms with Gasteiger partial charge in [-0.15, -0.1) is 0 Å². The van der Waals surface area contributed by atoms with Gasteiger partial charge in [-0.1, -0.05) is 0 Å². The highest BCUT2D eigenvalue weighted by molar-refractivity contribution is 5.97. The van der Waals surface area contributed by atoms with Gasteiger partial charge in [-0.05, 0) is 42.5 Å². The molecule has 0 bridgehead atoms. The number of hydrogen-bond donors (Lipinski definition) is 3. The first-order chi connectivity index (χ1) is 18.5. The molecule has 3 aromatic rings. The number of benzene rings is 1. The van der Waals surface area contributed by atoms with Gasteiger partial charge in [0.15, 0.2) is 0 Å². The summed E-state index contributed by atoms with van der Waals surface area (Å²) in [4.78, 5) is 30.4. The number of aromatic amines is 1. The Morgan fingerprint density at radius 1 is 1.08 bits per heavy atom. The highest BCUT2D eigenvalue weighted by Gasteiger charge is 2.38. The van der Waals surface area contributed by atoms with E-state index in [1.807, 2.05) is 23.1 Å². The van der Waals surface area contributed by atoms with E-state index in [1.54, 1.807) is 12.3 Å². The molecule has 1 fully saturated rings. The molecule has 1 saturated heterocycles. The van der Waals surface area contributed by atoms with Crippen molar-refractivity contribution in [2.24, 2.45) is 0 Å². The summed E-state index contributed by atoms with van der Waals surface area (Å²) in [5, 5.41) is 9.95. The quantitative estimate of drug-likeness (QED) is 0.419. The van der Waals surface area contributed by atoms with Gasteiger partial charge in [0, 0.05) is 60.5 Å². The van der Waals surface area contributed by atoms with E-state index in [0.717, 1.165) is 23.4 Å². The van der Waals surface area contributed by atoms with Crippen LogP contribution in [0.2, 0.25) is 0 Å². The number of H-pyrrole nitrogens is 1. The van der Waals surface area contributed by atoms with Crippen molar-refractivity contribution >= 4 is 29.7 Å². The first kappa shape index (κ1) is 27.8. The minimum absolute atomic E-state index is 0.0885. The molecule has 2 aliphatic rings. The highest BCUT2D eigenvalue weighted by Crippen LogP contribution is 2.27. The number of aliphatic carboxylic acids is 1. The number of amides is 1. The van der Waals surface area contributed by atoms with Crippen LogP contribution in [0.5, 0.6) is 0 Å². The van der Waals surface area contributed by atoms with Gasteiger partial charge in [0.05, 0.1) is 24.5 Å². The van der Waals surface area contributed by atoms with Crippen molar-refractivity contribution in [3.05, 3.63) is 70.7 Å². The number of rotatable bonds is 4. The van der Waals surface area contributed by atoms with E-state index < -0.39 is 23.8 Å². The number of hydrogen-bond acceptors (Lipinski definition) is 5. The Morgan fingerprint density at radius 3 is 2.36 bits per heavy atom. The molecule has 2 aromatic heterocycles. The number of carbonyl (C=O) groups excluding carboxylic acids is 1. The summed E-state index contributed by atoms with van der Waals surface area (Å²) in [6, 6.07) is 8.16. The Kier molecular flexibility index (Phi) is 8.29. The third-order valence-electron chi connectivity index (χ3n) is 6.00. The highest BCUT2D eigenvalue weighted by atomic mass is 19.4. The van der Waals surface area contributed by atoms with Crippen LogP contribution in [0.1, 0.15) is 27.3 Å². The van der Waals surface area contributed by atoms with Gasteiger partial charge in [0.1, 0.15) is 11.6 Å². The zero-order valence-electron chi connectivity index (χ0n) is 20.3. The van der Waals surface area contributed by atoms with E-state index in [9.17, 15) is 26.7 Å². The molecule has 0 unspecified atom stereocenters. The average Bonchev–Trinajstić information content (AvgIpc) is 3.35. The number of nitrogens with zero attached hydrogens (tertiary/aromatic N) is 2. The molecule has 0 saturated carbocycles. The van der Waals surface area contributed by atoms with Gasteiger partial charge in [0.25, 0.3) is 5.91 Å². The fourth-order valence-corrected chi connectivity index (χ4v) is 4.06. The Balaban J connectivity index is 0.000000448. The average molecular weight is 550 g/mol. The van der Waals surface area contributed by atoms with Crippen LogP contribution >= 0.6 is 0 Å². The molecule has 0 atom stereocenters. The van der Waals surface area contributed by atoms with Crippen molar-refractivity contribution in [2.45, 2.75) is 12.6 Å². The fourth-order valence-electron chi connectivity index (χ4n) is 4.06. The number of carboxylic acid groups (broad SMARTS) is 1. The van der Waals surface area contributed by atoms with Crippen molar-refractivity contribution < 1.29 is 41.4 Å². The molecule has 0 aliphatic carbocycles. The van der Waals surface area contributed by atoms with Crippen molar-refractivity contribution in [2.75, 3.05) is 37.7 Å². The Labute approximate surface area is 219 Å². The number of alkyl halides is 3. The lowest BCUT2D eigenvalue weighted by atomic mass is 10.1. The van der Waals surface area contributed by atoms with Crippen LogP contribution in [-0.2, 0) is 16.0 Å². The van der Waals surface area contributed by atoms with Crippen LogP contribution in [-0.4, -0.2) is 66.0 Å². The summed E-state index contributed by atoms with van der Waals surface area (Å²) in [5.41, 5.74) is 4.14. The molecule has 4 heterocycles. The second-order valence-electron chi connectivity index (χ2n) is 8.61. The van der Waals surface area contributed by atoms with E-state index >= 15 is 0 Å². The van der Waals surface area contributed by atoms with Crippen LogP contribution in [0.15, 0.2) is 36.5 Å². The van der Waals surface area contributed by atoms with E-state index in [-0.39, 0.29) is 11.5 Å². The molecule has 206 valence electrons. The maximum absolute atomic E-state index is 14.7. The largest absolute Gasteiger partial charge is 0.490 e. The fraction of sp³-hybridized carbons (Fsp3) is 0.269. The van der Waals surface area contributed by atoms with Crippen LogP contribution in [0.3, 0.4) is 0 Å². The maximum Gasteiger partial charge on any atom is 0.490 e. The second-order valence-corrected chi connectivity index (χ2v) is 8.61. The Morgan fingerprint density at radius 2 is 1.74 bits per heavy atom. The first-order valence-electron chi connectivity index (χ1n) is 11.8. The van der Waals surface area contributed by atoms with Crippen molar-refractivity contribution in [1.29, 1.82) is 0 Å². The number of carboxylic acids is 1. The van der Waals surface area contributed by atoms with Crippen LogP contribution in [0.4, 0.5) is 27.6 Å². The molecule has 0 spiro atoms. The third-order valence-corrected chi connectivity index (χ3v) is 6.00. The maximum atomic E-state index is 14.7. The Bertz CT molecular complexity index is 1370. The first-order valence-corrected chi connectivity index (χ1v) is 11.8. The smallest absolute Gasteiger partial charge is 0.475 e. The zero-order valence-corrected chi connectivity index (χ0v) is 20.3. The topological polar surface area (TPSA) is 108 Å². The molecular weight excluding hydrogens is 527 g/mol. The lowest BCUT2D eigenvalue weighted by molar-refractivity contribution is -0.192. The summed E-state index contributed by atoms with van der Waals surface area (Å²) >= 11 is 0. The number of nitrogens with one attached hydrogen (secondary N) is 2. The van der Waals surface area contributed by atoms with Crippen LogP contribution in [0.25, 0.3) is 23.4 Å². The number of aromatic nitrogens is 2. The predicted octanol–water partition coefficient (Wildman–Crippen LogP) is 4.28. The van der Waals surface area contributed by atoms with Gasteiger partial charge >= 0.3 is 12.1 Å². The van der Waals surface area contributed by atoms with Gasteiger partial charge in [0.2, 0.25) is 0 Å². The van der Waals surface area contributed by atoms with Gasteiger partial charge in [-0.25, -0.2) is 13.6 Å². The van der Waals surface area contributed by atoms with Gasteiger partial charge in [-0.3, -0.25) is 9.78 Å². The number of halogens is 5. The SMILES string of the molecule is O=C(O)C(F)(F)F.O=C1NCCc2[nH]c(-c3ccnc(C=Cc4c(F)cc(N5CCOCC5)cc4F)c3)cc21. The summed E-state index contributed by atoms with van der Waals surface area (Å²) in [7, 11) is 0. The summed E-state index contributed by atoms with van der Waals surface area (Å²) in [5.74, 6) is -4.09. The zero-order chi connectivity index (χ0) is 28.2. The molecular formula is C26H23F5N4O4. The van der Waals surface area contributed by atoms with E-state index in [1.165, 1.54) is 18.2 Å². The summed E-state index contributed by atoms with van der Waals surface area (Å²) < 4.78 is 66.4. The van der Waals surface area contributed by atoms with Crippen molar-refractivity contribution in [3.63, 3.8) is 0 Å². The lowest BCUT2D eigenvalue weighted by Crippen LogP contribution is -2.36. The van der Waals surface area contributed by atoms with Gasteiger partial charge < -0.3 is 25.0 Å². The number of fused-ring (bicyclic) bond motifs is 1. The minimum atomic E-state index is -5.08. The Hall–Kier alpha value is -4.26. The summed E-state index contributed by atoms with van der Waals surface area (Å²) in [6.07, 6.45) is 0.267. The molecule has 5 rings (SSSR count). The van der Waals surface area contributed by atoms with Crippen molar-refractivity contribution in [1.82, 2.24) is 15.3 Å². The van der Waals surface area contributed by atoms with Gasteiger partial charge in [-0.2, -0.15) is 13.2 Å². The van der Waals surface area contributed by atoms with E-state index in [0.29, 0.717) is 49.8 Å². The molecule has 1 aromatic carbocycles.